The highest BCUT2D eigenvalue weighted by Gasteiger charge is 2.48. The fourth-order valence-corrected chi connectivity index (χ4v) is 4.56. The molecule has 1 N–H and O–H groups in total. The van der Waals surface area contributed by atoms with Gasteiger partial charge in [-0.15, -0.1) is 0 Å². The van der Waals surface area contributed by atoms with E-state index in [9.17, 15) is 23.5 Å². The maximum atomic E-state index is 14.8. The van der Waals surface area contributed by atoms with Crippen LogP contribution in [0.25, 0.3) is 5.76 Å². The molecular weight excluding hydrogens is 454 g/mol. The first kappa shape index (κ1) is 22.6. The van der Waals surface area contributed by atoms with Gasteiger partial charge in [0.25, 0.3) is 11.7 Å². The van der Waals surface area contributed by atoms with E-state index in [4.69, 9.17) is 4.74 Å². The lowest BCUT2D eigenvalue weighted by Crippen LogP contribution is -2.30. The molecule has 0 bridgehead atoms. The molecule has 1 amide bonds. The van der Waals surface area contributed by atoms with Crippen molar-refractivity contribution in [2.45, 2.75) is 13.0 Å². The molecule has 1 fully saturated rings. The number of aryl methyl sites for hydroxylation is 1. The van der Waals surface area contributed by atoms with Gasteiger partial charge < -0.3 is 14.7 Å². The van der Waals surface area contributed by atoms with Gasteiger partial charge in [-0.1, -0.05) is 29.8 Å². The van der Waals surface area contributed by atoms with Crippen molar-refractivity contribution in [1.29, 1.82) is 0 Å². The molecular formula is C27H22F2N2O4. The Balaban J connectivity index is 1.73. The van der Waals surface area contributed by atoms with Crippen LogP contribution in [0.5, 0.6) is 5.75 Å². The van der Waals surface area contributed by atoms with Crippen LogP contribution in [-0.2, 0) is 9.59 Å². The summed E-state index contributed by atoms with van der Waals surface area (Å²) in [6.45, 7) is 2.99. The molecule has 3 aromatic rings. The average Bonchev–Trinajstić information content (AvgIpc) is 3.10. The number of carbonyl (C=O) groups is 2. The molecule has 8 heteroatoms. The van der Waals surface area contributed by atoms with Crippen LogP contribution >= 0.6 is 0 Å². The first-order chi connectivity index (χ1) is 16.8. The summed E-state index contributed by atoms with van der Waals surface area (Å²) < 4.78 is 34.5. The van der Waals surface area contributed by atoms with Gasteiger partial charge in [-0.2, -0.15) is 0 Å². The molecule has 1 unspecified atom stereocenters. The van der Waals surface area contributed by atoms with E-state index in [1.807, 2.05) is 24.9 Å². The van der Waals surface area contributed by atoms with E-state index in [2.05, 4.69) is 0 Å². The van der Waals surface area contributed by atoms with Gasteiger partial charge in [0.2, 0.25) is 0 Å². The predicted molar refractivity (Wildman–Crippen MR) is 128 cm³/mol. The highest BCUT2D eigenvalue weighted by Crippen LogP contribution is 2.44. The lowest BCUT2D eigenvalue weighted by atomic mass is 9.94. The Kier molecular flexibility index (Phi) is 5.51. The van der Waals surface area contributed by atoms with Gasteiger partial charge in [-0.25, -0.2) is 8.78 Å². The maximum Gasteiger partial charge on any atom is 0.300 e. The molecule has 0 aliphatic carbocycles. The van der Waals surface area contributed by atoms with Crippen molar-refractivity contribution in [3.8, 4) is 5.75 Å². The Labute approximate surface area is 200 Å². The molecule has 3 aromatic carbocycles. The zero-order chi connectivity index (χ0) is 24.9. The van der Waals surface area contributed by atoms with Crippen molar-refractivity contribution in [2.75, 3.05) is 30.0 Å². The summed E-state index contributed by atoms with van der Waals surface area (Å²) in [6, 6.07) is 13.5. The first-order valence-corrected chi connectivity index (χ1v) is 11.1. The summed E-state index contributed by atoms with van der Waals surface area (Å²) in [6.07, 6.45) is 0. The van der Waals surface area contributed by atoms with Crippen molar-refractivity contribution >= 4 is 28.8 Å². The molecule has 2 aliphatic rings. The minimum atomic E-state index is -1.16. The summed E-state index contributed by atoms with van der Waals surface area (Å²) >= 11 is 0. The number of benzene rings is 3. The van der Waals surface area contributed by atoms with Crippen LogP contribution in [0.2, 0.25) is 0 Å². The third-order valence-corrected chi connectivity index (χ3v) is 6.30. The summed E-state index contributed by atoms with van der Waals surface area (Å²) in [5, 5.41) is 11.3. The average molecular weight is 476 g/mol. The van der Waals surface area contributed by atoms with Gasteiger partial charge in [-0.05, 0) is 42.8 Å². The number of rotatable bonds is 3. The quantitative estimate of drug-likeness (QED) is 0.336. The Morgan fingerprint density at radius 2 is 1.83 bits per heavy atom. The van der Waals surface area contributed by atoms with Crippen LogP contribution in [0.4, 0.5) is 20.2 Å². The molecule has 35 heavy (non-hydrogen) atoms. The Morgan fingerprint density at radius 3 is 2.60 bits per heavy atom. The van der Waals surface area contributed by atoms with Crippen molar-refractivity contribution < 1.29 is 28.2 Å². The molecule has 0 saturated carbocycles. The molecule has 2 heterocycles. The Bertz CT molecular complexity index is 1400. The zero-order valence-electron chi connectivity index (χ0n) is 19.1. The van der Waals surface area contributed by atoms with Crippen LogP contribution in [0, 0.1) is 18.6 Å². The van der Waals surface area contributed by atoms with E-state index >= 15 is 0 Å². The molecule has 1 atom stereocenters. The van der Waals surface area contributed by atoms with Gasteiger partial charge in [-0.3, -0.25) is 14.5 Å². The number of likely N-dealkylation sites (N-methyl/N-ethyl adjacent to an activating group) is 1. The smallest absolute Gasteiger partial charge is 0.300 e. The number of ketones is 1. The second-order valence-electron chi connectivity index (χ2n) is 8.63. The Morgan fingerprint density at radius 1 is 1.03 bits per heavy atom. The zero-order valence-corrected chi connectivity index (χ0v) is 19.1. The second-order valence-corrected chi connectivity index (χ2v) is 8.63. The van der Waals surface area contributed by atoms with Crippen LogP contribution in [0.1, 0.15) is 22.7 Å². The molecule has 2 aliphatic heterocycles. The van der Waals surface area contributed by atoms with E-state index in [-0.39, 0.29) is 11.3 Å². The third kappa shape index (κ3) is 3.80. The molecule has 6 nitrogen and oxygen atoms in total. The molecule has 0 spiro atoms. The van der Waals surface area contributed by atoms with Crippen LogP contribution < -0.4 is 14.5 Å². The number of nitrogens with zero attached hydrogens (tertiary/aromatic N) is 2. The molecule has 0 radical (unpaired) electrons. The van der Waals surface area contributed by atoms with E-state index in [0.717, 1.165) is 34.3 Å². The molecule has 178 valence electrons. The number of aliphatic hydroxyl groups is 1. The number of aliphatic hydroxyl groups excluding tert-OH is 1. The largest absolute Gasteiger partial charge is 0.507 e. The number of fused-ring (bicyclic) bond motifs is 1. The summed E-state index contributed by atoms with van der Waals surface area (Å²) in [4.78, 5) is 29.3. The standard InChI is InChI=1S/C27H22F2N2O4/c1-15-4-3-5-16(12-15)24-23(25(32)17-6-9-22-21(13-17)30(2)10-11-35-22)26(33)27(34)31(24)20-14-18(28)7-8-19(20)29/h3-9,12-14,24,32H,10-11H2,1-2H3/b25-23-. The number of halogens is 2. The number of anilines is 2. The summed E-state index contributed by atoms with van der Waals surface area (Å²) in [5.41, 5.74) is 1.75. The minimum Gasteiger partial charge on any atom is -0.507 e. The number of hydrogen-bond donors (Lipinski definition) is 1. The first-order valence-electron chi connectivity index (χ1n) is 11.1. The molecule has 0 aromatic heterocycles. The lowest BCUT2D eigenvalue weighted by molar-refractivity contribution is -0.132. The van der Waals surface area contributed by atoms with Crippen molar-refractivity contribution in [2.24, 2.45) is 0 Å². The number of carbonyl (C=O) groups excluding carboxylic acids is 2. The number of hydrogen-bond acceptors (Lipinski definition) is 5. The van der Waals surface area contributed by atoms with Crippen LogP contribution in [0.15, 0.2) is 66.2 Å². The van der Waals surface area contributed by atoms with E-state index in [0.29, 0.717) is 30.0 Å². The number of ether oxygens (including phenoxy) is 1. The fourth-order valence-electron chi connectivity index (χ4n) is 4.56. The normalized spacial score (nSPS) is 19.0. The van der Waals surface area contributed by atoms with Crippen molar-refractivity contribution in [3.63, 3.8) is 0 Å². The van der Waals surface area contributed by atoms with E-state index in [1.54, 1.807) is 36.4 Å². The van der Waals surface area contributed by atoms with Gasteiger partial charge in [0.1, 0.15) is 29.8 Å². The third-order valence-electron chi connectivity index (χ3n) is 6.30. The van der Waals surface area contributed by atoms with Gasteiger partial charge in [0.05, 0.1) is 29.5 Å². The highest BCUT2D eigenvalue weighted by molar-refractivity contribution is 6.51. The Hall–Kier alpha value is -4.20. The molecule has 1 saturated heterocycles. The van der Waals surface area contributed by atoms with Crippen molar-refractivity contribution in [1.82, 2.24) is 0 Å². The van der Waals surface area contributed by atoms with Gasteiger partial charge in [0.15, 0.2) is 0 Å². The van der Waals surface area contributed by atoms with Crippen LogP contribution in [0.3, 0.4) is 0 Å². The van der Waals surface area contributed by atoms with Gasteiger partial charge in [0, 0.05) is 18.7 Å². The monoisotopic (exact) mass is 476 g/mol. The summed E-state index contributed by atoms with van der Waals surface area (Å²) in [5.74, 6) is -3.44. The van der Waals surface area contributed by atoms with E-state index < -0.39 is 35.1 Å². The number of amides is 1. The summed E-state index contributed by atoms with van der Waals surface area (Å²) in [7, 11) is 1.88. The van der Waals surface area contributed by atoms with Gasteiger partial charge >= 0.3 is 0 Å². The highest BCUT2D eigenvalue weighted by atomic mass is 19.1. The topological polar surface area (TPSA) is 70.1 Å². The lowest BCUT2D eigenvalue weighted by Gasteiger charge is -2.28. The SMILES string of the molecule is Cc1cccc(C2/C(=C(/O)c3ccc4c(c3)N(C)CCO4)C(=O)C(=O)N2c2cc(F)ccc2F)c1. The molecule has 5 rings (SSSR count). The van der Waals surface area contributed by atoms with E-state index in [1.165, 1.54) is 0 Å². The number of Topliss-reactive ketones (excluding diaryl/α,β-unsaturated/α-hetero) is 1. The second kappa shape index (κ2) is 8.54. The van der Waals surface area contributed by atoms with Crippen molar-refractivity contribution in [3.05, 3.63) is 94.6 Å². The maximum absolute atomic E-state index is 14.8. The predicted octanol–water partition coefficient (Wildman–Crippen LogP) is 4.73. The fraction of sp³-hybridized carbons (Fsp3) is 0.185. The minimum absolute atomic E-state index is 0.205. The van der Waals surface area contributed by atoms with Crippen LogP contribution in [-0.4, -0.2) is 37.0 Å².